The molecule has 5 rings (SSSR count). The molecular formula is C25H20N6O7. The molecule has 0 spiro atoms. The second-order valence-electron chi connectivity index (χ2n) is 8.00. The fourth-order valence-electron chi connectivity index (χ4n) is 3.59. The van der Waals surface area contributed by atoms with Crippen LogP contribution in [0.2, 0.25) is 0 Å². The van der Waals surface area contributed by atoms with Crippen LogP contribution < -0.4 is 20.1 Å². The largest absolute Gasteiger partial charge is 0.467 e. The van der Waals surface area contributed by atoms with Crippen LogP contribution in [0, 0.1) is 0 Å². The summed E-state index contributed by atoms with van der Waals surface area (Å²) in [5, 5.41) is 8.10. The van der Waals surface area contributed by atoms with Crippen molar-refractivity contribution in [2.75, 3.05) is 13.7 Å². The number of amides is 4. The lowest BCUT2D eigenvalue weighted by molar-refractivity contribution is -0.153. The Kier molecular flexibility index (Phi) is 6.74. The third-order valence-electron chi connectivity index (χ3n) is 5.49. The first-order valence-electron chi connectivity index (χ1n) is 11.3. The summed E-state index contributed by atoms with van der Waals surface area (Å²) in [6, 6.07) is 14.1. The molecule has 3 heterocycles. The van der Waals surface area contributed by atoms with Crippen LogP contribution in [0.4, 0.5) is 4.79 Å². The van der Waals surface area contributed by atoms with Crippen LogP contribution in [-0.2, 0) is 14.3 Å². The number of methoxy groups -OCH3 is 1. The van der Waals surface area contributed by atoms with Crippen LogP contribution in [0.15, 0.2) is 71.5 Å². The van der Waals surface area contributed by atoms with Gasteiger partial charge in [0.25, 0.3) is 23.3 Å². The molecule has 0 radical (unpaired) electrons. The third kappa shape index (κ3) is 5.03. The molecule has 0 unspecified atom stereocenters. The van der Waals surface area contributed by atoms with E-state index in [0.29, 0.717) is 28.7 Å². The topological polar surface area (TPSA) is 168 Å². The lowest BCUT2D eigenvalue weighted by Crippen LogP contribution is -2.69. The first-order chi connectivity index (χ1) is 18.5. The van der Waals surface area contributed by atoms with Crippen molar-refractivity contribution < 1.29 is 33.1 Å². The van der Waals surface area contributed by atoms with E-state index in [4.69, 9.17) is 18.7 Å². The Balaban J connectivity index is 1.26. The zero-order chi connectivity index (χ0) is 26.5. The van der Waals surface area contributed by atoms with Crippen LogP contribution in [0.1, 0.15) is 6.42 Å². The quantitative estimate of drug-likeness (QED) is 0.314. The second kappa shape index (κ2) is 10.4. The maximum absolute atomic E-state index is 12.5. The van der Waals surface area contributed by atoms with Crippen molar-refractivity contribution in [3.63, 3.8) is 0 Å². The molecule has 2 aromatic carbocycles. The number of hydrogen-bond acceptors (Lipinski definition) is 11. The van der Waals surface area contributed by atoms with Gasteiger partial charge in [-0.15, -0.1) is 0 Å². The molecule has 13 heteroatoms. The molecule has 4 aromatic rings. The Morgan fingerprint density at radius 2 is 1.45 bits per heavy atom. The van der Waals surface area contributed by atoms with E-state index >= 15 is 0 Å². The van der Waals surface area contributed by atoms with E-state index in [1.165, 1.54) is 7.11 Å². The molecule has 1 aliphatic rings. The highest BCUT2D eigenvalue weighted by Crippen LogP contribution is 2.29. The Morgan fingerprint density at radius 3 is 2.08 bits per heavy atom. The monoisotopic (exact) mass is 516 g/mol. The number of barbiturate groups is 1. The fraction of sp³-hybridized carbons (Fsp3) is 0.160. The molecule has 1 fully saturated rings. The van der Waals surface area contributed by atoms with Crippen LogP contribution >= 0.6 is 0 Å². The number of carbonyl (C=O) groups is 3. The van der Waals surface area contributed by atoms with Gasteiger partial charge in [-0.25, -0.2) is 14.8 Å². The molecule has 1 aliphatic heterocycles. The van der Waals surface area contributed by atoms with Crippen molar-refractivity contribution >= 4 is 17.8 Å². The van der Waals surface area contributed by atoms with Gasteiger partial charge in [0.2, 0.25) is 11.6 Å². The van der Waals surface area contributed by atoms with Gasteiger partial charge < -0.3 is 18.7 Å². The third-order valence-corrected chi connectivity index (χ3v) is 5.49. The van der Waals surface area contributed by atoms with E-state index in [1.807, 2.05) is 0 Å². The van der Waals surface area contributed by atoms with E-state index in [2.05, 4.69) is 30.7 Å². The number of nitrogens with one attached hydrogen (secondary N) is 2. The van der Waals surface area contributed by atoms with E-state index in [1.54, 1.807) is 67.0 Å². The van der Waals surface area contributed by atoms with Crippen LogP contribution in [0.5, 0.6) is 17.2 Å². The van der Waals surface area contributed by atoms with Crippen molar-refractivity contribution in [2.45, 2.75) is 12.0 Å². The molecule has 192 valence electrons. The average molecular weight is 516 g/mol. The standard InChI is InChI=1S/C25H20N6O7/c1-35-14-11-25(22(32)29-24(34)30-23(25)33)37-18-9-7-17(8-10-18)36-16-5-3-15(4-6-16)19-28-21(38-31-19)20-26-12-2-13-27-20/h2-10,12-13H,11,14H2,1H3,(H2,29,30,32,33,34). The molecule has 0 saturated carbocycles. The van der Waals surface area contributed by atoms with E-state index in [9.17, 15) is 14.4 Å². The van der Waals surface area contributed by atoms with Gasteiger partial charge >= 0.3 is 6.03 Å². The SMILES string of the molecule is COCCC1(Oc2ccc(Oc3ccc(-c4noc(-c5ncccn5)n4)cc3)cc2)C(=O)NC(=O)NC1=O. The van der Waals surface area contributed by atoms with Gasteiger partial charge in [0, 0.05) is 31.5 Å². The number of hydrogen-bond donors (Lipinski definition) is 2. The molecule has 2 N–H and O–H groups in total. The smallest absolute Gasteiger partial charge is 0.328 e. The number of urea groups is 1. The number of imide groups is 2. The lowest BCUT2D eigenvalue weighted by Gasteiger charge is -2.34. The molecule has 38 heavy (non-hydrogen) atoms. The van der Waals surface area contributed by atoms with Gasteiger partial charge in [-0.1, -0.05) is 5.16 Å². The van der Waals surface area contributed by atoms with E-state index in [-0.39, 0.29) is 24.7 Å². The Hall–Kier alpha value is -5.17. The highest BCUT2D eigenvalue weighted by molar-refractivity contribution is 6.21. The summed E-state index contributed by atoms with van der Waals surface area (Å²) in [6.07, 6.45) is 3.07. The van der Waals surface area contributed by atoms with Gasteiger partial charge in [0.15, 0.2) is 0 Å². The summed E-state index contributed by atoms with van der Waals surface area (Å²) >= 11 is 0. The van der Waals surface area contributed by atoms with Gasteiger partial charge in [0.1, 0.15) is 17.2 Å². The fourth-order valence-corrected chi connectivity index (χ4v) is 3.59. The number of aromatic nitrogens is 4. The number of benzene rings is 2. The van der Waals surface area contributed by atoms with Gasteiger partial charge in [-0.05, 0) is 54.6 Å². The van der Waals surface area contributed by atoms with Crippen LogP contribution in [0.25, 0.3) is 23.1 Å². The molecule has 4 amide bonds. The lowest BCUT2D eigenvalue weighted by atomic mass is 9.95. The minimum absolute atomic E-state index is 0.0530. The molecule has 0 atom stereocenters. The van der Waals surface area contributed by atoms with Crippen molar-refractivity contribution in [1.29, 1.82) is 0 Å². The predicted octanol–water partition coefficient (Wildman–Crippen LogP) is 2.51. The minimum Gasteiger partial charge on any atom is -0.467 e. The maximum atomic E-state index is 12.5. The summed E-state index contributed by atoms with van der Waals surface area (Å²) in [5.41, 5.74) is -1.25. The van der Waals surface area contributed by atoms with Crippen molar-refractivity contribution in [1.82, 2.24) is 30.7 Å². The number of carbonyl (C=O) groups excluding carboxylic acids is 3. The second-order valence-corrected chi connectivity index (χ2v) is 8.00. The zero-order valence-corrected chi connectivity index (χ0v) is 19.9. The molecule has 1 saturated heterocycles. The Bertz CT molecular complexity index is 1440. The van der Waals surface area contributed by atoms with Crippen molar-refractivity contribution in [2.24, 2.45) is 0 Å². The molecule has 13 nitrogen and oxygen atoms in total. The first kappa shape index (κ1) is 24.5. The van der Waals surface area contributed by atoms with Crippen molar-refractivity contribution in [3.05, 3.63) is 67.0 Å². The minimum atomic E-state index is -1.95. The molecule has 2 aromatic heterocycles. The summed E-state index contributed by atoms with van der Waals surface area (Å²) in [6.45, 7) is 0.0530. The molecular weight excluding hydrogens is 496 g/mol. The van der Waals surface area contributed by atoms with Crippen LogP contribution in [0.3, 0.4) is 0 Å². The normalized spacial score (nSPS) is 14.5. The summed E-state index contributed by atoms with van der Waals surface area (Å²) in [5.74, 6) is 0.426. The Morgan fingerprint density at radius 1 is 0.842 bits per heavy atom. The number of rotatable bonds is 9. The van der Waals surface area contributed by atoms with Crippen LogP contribution in [-0.4, -0.2) is 57.3 Å². The summed E-state index contributed by atoms with van der Waals surface area (Å²) in [4.78, 5) is 49.1. The average Bonchev–Trinajstić information content (AvgIpc) is 3.42. The summed E-state index contributed by atoms with van der Waals surface area (Å²) < 4.78 is 21.9. The number of ether oxygens (including phenoxy) is 3. The zero-order valence-electron chi connectivity index (χ0n) is 19.9. The summed E-state index contributed by atoms with van der Waals surface area (Å²) in [7, 11) is 1.43. The Labute approximate surface area is 215 Å². The predicted molar refractivity (Wildman–Crippen MR) is 129 cm³/mol. The molecule has 0 bridgehead atoms. The van der Waals surface area contributed by atoms with E-state index in [0.717, 1.165) is 0 Å². The first-order valence-corrected chi connectivity index (χ1v) is 11.3. The van der Waals surface area contributed by atoms with Gasteiger partial charge in [-0.3, -0.25) is 20.2 Å². The van der Waals surface area contributed by atoms with Crippen molar-refractivity contribution in [3.8, 4) is 40.4 Å². The highest BCUT2D eigenvalue weighted by Gasteiger charge is 2.52. The maximum Gasteiger partial charge on any atom is 0.328 e. The van der Waals surface area contributed by atoms with Gasteiger partial charge in [0.05, 0.1) is 6.61 Å². The highest BCUT2D eigenvalue weighted by atomic mass is 16.5. The molecule has 0 aliphatic carbocycles. The van der Waals surface area contributed by atoms with E-state index < -0.39 is 23.4 Å². The van der Waals surface area contributed by atoms with Gasteiger partial charge in [-0.2, -0.15) is 4.98 Å². The number of nitrogens with zero attached hydrogens (tertiary/aromatic N) is 4.